The van der Waals surface area contributed by atoms with Gasteiger partial charge in [0.25, 0.3) is 0 Å². The second-order valence-electron chi connectivity index (χ2n) is 4.22. The molecule has 0 unspecified atom stereocenters. The van der Waals surface area contributed by atoms with E-state index in [9.17, 15) is 13.2 Å². The molecule has 3 nitrogen and oxygen atoms in total. The minimum Gasteiger partial charge on any atom is -0.367 e. The average Bonchev–Trinajstić information content (AvgIpc) is 2.31. The highest BCUT2D eigenvalue weighted by Gasteiger charge is 2.35. The first-order valence-electron chi connectivity index (χ1n) is 5.67. The standard InChI is InChI=1S/C11H13BrF3N3/c12-7-5-9(11(13,14)15)10(17-6-7)18-8-1-3-16-4-2-8/h5-6,8,16H,1-4H2,(H,17,18). The van der Waals surface area contributed by atoms with E-state index in [2.05, 4.69) is 31.5 Å². The van der Waals surface area contributed by atoms with E-state index in [1.165, 1.54) is 6.20 Å². The Morgan fingerprint density at radius 2 is 2.00 bits per heavy atom. The zero-order valence-electron chi connectivity index (χ0n) is 9.52. The molecule has 1 aromatic rings. The van der Waals surface area contributed by atoms with Crippen LogP contribution < -0.4 is 10.6 Å². The summed E-state index contributed by atoms with van der Waals surface area (Å²) in [6, 6.07) is 1.09. The molecule has 0 aromatic carbocycles. The highest BCUT2D eigenvalue weighted by Crippen LogP contribution is 2.35. The molecule has 0 atom stereocenters. The minimum absolute atomic E-state index is 0.0426. The van der Waals surface area contributed by atoms with Crippen molar-refractivity contribution in [2.24, 2.45) is 0 Å². The third-order valence-electron chi connectivity index (χ3n) is 2.84. The molecule has 1 aromatic heterocycles. The topological polar surface area (TPSA) is 37.0 Å². The summed E-state index contributed by atoms with van der Waals surface area (Å²) < 4.78 is 38.9. The molecule has 0 amide bonds. The molecule has 100 valence electrons. The molecule has 18 heavy (non-hydrogen) atoms. The lowest BCUT2D eigenvalue weighted by molar-refractivity contribution is -0.137. The van der Waals surface area contributed by atoms with E-state index in [4.69, 9.17) is 0 Å². The van der Waals surface area contributed by atoms with Gasteiger partial charge >= 0.3 is 6.18 Å². The number of aromatic nitrogens is 1. The molecule has 7 heteroatoms. The third-order valence-corrected chi connectivity index (χ3v) is 3.27. The number of halogens is 4. The van der Waals surface area contributed by atoms with Crippen molar-refractivity contribution in [2.75, 3.05) is 18.4 Å². The smallest absolute Gasteiger partial charge is 0.367 e. The SMILES string of the molecule is FC(F)(F)c1cc(Br)cnc1NC1CCNCC1. The molecule has 1 saturated heterocycles. The van der Waals surface area contributed by atoms with Gasteiger partial charge in [-0.3, -0.25) is 0 Å². The van der Waals surface area contributed by atoms with Gasteiger partial charge in [-0.25, -0.2) is 4.98 Å². The van der Waals surface area contributed by atoms with Crippen molar-refractivity contribution in [2.45, 2.75) is 25.1 Å². The van der Waals surface area contributed by atoms with E-state index in [1.54, 1.807) is 0 Å². The summed E-state index contributed by atoms with van der Waals surface area (Å²) in [5.41, 5.74) is -0.726. The maximum atomic E-state index is 12.9. The van der Waals surface area contributed by atoms with E-state index in [0.29, 0.717) is 4.47 Å². The molecule has 1 aliphatic rings. The van der Waals surface area contributed by atoms with Crippen LogP contribution >= 0.6 is 15.9 Å². The molecule has 0 aliphatic carbocycles. The molecule has 2 rings (SSSR count). The second kappa shape index (κ2) is 5.44. The Kier molecular flexibility index (Phi) is 4.11. The fourth-order valence-electron chi connectivity index (χ4n) is 1.93. The molecular weight excluding hydrogens is 311 g/mol. The summed E-state index contributed by atoms with van der Waals surface area (Å²) >= 11 is 3.01. The van der Waals surface area contributed by atoms with Crippen LogP contribution in [0, 0.1) is 0 Å². The molecule has 0 bridgehead atoms. The molecule has 2 heterocycles. The van der Waals surface area contributed by atoms with Crippen LogP contribution in [0.5, 0.6) is 0 Å². The number of hydrogen-bond acceptors (Lipinski definition) is 3. The largest absolute Gasteiger partial charge is 0.419 e. The molecule has 1 aliphatic heterocycles. The molecule has 0 radical (unpaired) electrons. The Balaban J connectivity index is 2.21. The van der Waals surface area contributed by atoms with Crippen molar-refractivity contribution in [3.8, 4) is 0 Å². The zero-order valence-corrected chi connectivity index (χ0v) is 11.1. The molecule has 2 N–H and O–H groups in total. The van der Waals surface area contributed by atoms with Crippen LogP contribution in [0.1, 0.15) is 18.4 Å². The van der Waals surface area contributed by atoms with Crippen LogP contribution in [0.3, 0.4) is 0 Å². The number of hydrogen-bond donors (Lipinski definition) is 2. The fourth-order valence-corrected chi connectivity index (χ4v) is 2.26. The van der Waals surface area contributed by atoms with E-state index in [1.807, 2.05) is 0 Å². The summed E-state index contributed by atoms with van der Waals surface area (Å²) in [6.07, 6.45) is -1.42. The van der Waals surface area contributed by atoms with Crippen LogP contribution in [-0.2, 0) is 6.18 Å². The second-order valence-corrected chi connectivity index (χ2v) is 5.13. The predicted molar refractivity (Wildman–Crippen MR) is 66.5 cm³/mol. The predicted octanol–water partition coefficient (Wildman–Crippen LogP) is 3.03. The van der Waals surface area contributed by atoms with Gasteiger partial charge in [0.05, 0.1) is 5.56 Å². The Morgan fingerprint density at radius 1 is 1.33 bits per heavy atom. The zero-order chi connectivity index (χ0) is 13.2. The normalized spacial score (nSPS) is 17.8. The quantitative estimate of drug-likeness (QED) is 0.878. The lowest BCUT2D eigenvalue weighted by Gasteiger charge is -2.25. The molecule has 0 saturated carbocycles. The first-order valence-corrected chi connectivity index (χ1v) is 6.46. The lowest BCUT2D eigenvalue weighted by atomic mass is 10.1. The fraction of sp³-hybridized carbons (Fsp3) is 0.545. The van der Waals surface area contributed by atoms with Crippen molar-refractivity contribution in [3.05, 3.63) is 22.3 Å². The summed E-state index contributed by atoms with van der Waals surface area (Å²) in [7, 11) is 0. The summed E-state index contributed by atoms with van der Waals surface area (Å²) in [6.45, 7) is 1.63. The summed E-state index contributed by atoms with van der Waals surface area (Å²) in [4.78, 5) is 3.84. The van der Waals surface area contributed by atoms with Gasteiger partial charge in [-0.1, -0.05) is 0 Å². The summed E-state index contributed by atoms with van der Waals surface area (Å²) in [5, 5.41) is 6.06. The van der Waals surface area contributed by atoms with Gasteiger partial charge in [0.15, 0.2) is 0 Å². The Bertz CT molecular complexity index is 416. The molecular formula is C11H13BrF3N3. The number of pyridine rings is 1. The Labute approximate surface area is 111 Å². The molecule has 0 spiro atoms. The van der Waals surface area contributed by atoms with Crippen molar-refractivity contribution in [1.82, 2.24) is 10.3 Å². The van der Waals surface area contributed by atoms with Gasteiger partial charge in [-0.05, 0) is 47.9 Å². The summed E-state index contributed by atoms with van der Waals surface area (Å²) in [5.74, 6) is -0.0856. The number of rotatable bonds is 2. The highest BCUT2D eigenvalue weighted by atomic mass is 79.9. The van der Waals surface area contributed by atoms with Gasteiger partial charge in [0.1, 0.15) is 5.82 Å². The van der Waals surface area contributed by atoms with Crippen LogP contribution in [0.25, 0.3) is 0 Å². The van der Waals surface area contributed by atoms with Crippen molar-refractivity contribution in [1.29, 1.82) is 0 Å². The monoisotopic (exact) mass is 323 g/mol. The Hall–Kier alpha value is -0.820. The van der Waals surface area contributed by atoms with Gasteiger partial charge in [-0.2, -0.15) is 13.2 Å². The highest BCUT2D eigenvalue weighted by molar-refractivity contribution is 9.10. The van der Waals surface area contributed by atoms with E-state index >= 15 is 0 Å². The van der Waals surface area contributed by atoms with Crippen molar-refractivity contribution < 1.29 is 13.2 Å². The van der Waals surface area contributed by atoms with Crippen LogP contribution in [0.4, 0.5) is 19.0 Å². The number of piperidine rings is 1. The number of nitrogens with zero attached hydrogens (tertiary/aromatic N) is 1. The number of nitrogens with one attached hydrogen (secondary N) is 2. The van der Waals surface area contributed by atoms with Gasteiger partial charge in [0.2, 0.25) is 0 Å². The van der Waals surface area contributed by atoms with E-state index in [0.717, 1.165) is 32.0 Å². The maximum Gasteiger partial charge on any atom is 0.419 e. The van der Waals surface area contributed by atoms with Crippen LogP contribution in [0.2, 0.25) is 0 Å². The van der Waals surface area contributed by atoms with Crippen LogP contribution in [0.15, 0.2) is 16.7 Å². The first-order chi connectivity index (χ1) is 8.47. The van der Waals surface area contributed by atoms with Crippen molar-refractivity contribution in [3.63, 3.8) is 0 Å². The van der Waals surface area contributed by atoms with Gasteiger partial charge in [-0.15, -0.1) is 0 Å². The maximum absolute atomic E-state index is 12.9. The minimum atomic E-state index is -4.40. The third kappa shape index (κ3) is 3.35. The lowest BCUT2D eigenvalue weighted by Crippen LogP contribution is -2.36. The van der Waals surface area contributed by atoms with E-state index in [-0.39, 0.29) is 11.9 Å². The Morgan fingerprint density at radius 3 is 2.61 bits per heavy atom. The average molecular weight is 324 g/mol. The van der Waals surface area contributed by atoms with Crippen LogP contribution in [-0.4, -0.2) is 24.1 Å². The first kappa shape index (κ1) is 13.6. The van der Waals surface area contributed by atoms with Gasteiger partial charge < -0.3 is 10.6 Å². The van der Waals surface area contributed by atoms with Gasteiger partial charge in [0, 0.05) is 16.7 Å². The number of alkyl halides is 3. The van der Waals surface area contributed by atoms with Crippen molar-refractivity contribution >= 4 is 21.7 Å². The molecule has 1 fully saturated rings. The number of anilines is 1. The van der Waals surface area contributed by atoms with E-state index < -0.39 is 11.7 Å².